The van der Waals surface area contributed by atoms with Crippen LogP contribution in [0.2, 0.25) is 5.02 Å². The first-order valence-corrected chi connectivity index (χ1v) is 11.9. The summed E-state index contributed by atoms with van der Waals surface area (Å²) in [5.74, 6) is -0.898. The van der Waals surface area contributed by atoms with Crippen LogP contribution >= 0.6 is 11.6 Å². The van der Waals surface area contributed by atoms with E-state index in [4.69, 9.17) is 16.3 Å². The van der Waals surface area contributed by atoms with E-state index in [1.807, 2.05) is 13.0 Å². The Morgan fingerprint density at radius 2 is 1.95 bits per heavy atom. The normalized spacial score (nSPS) is 13.8. The molecule has 5 rings (SSSR count). The molecular formula is C26H22ClF2N5O3. The lowest BCUT2D eigenvalue weighted by Gasteiger charge is -2.19. The number of aryl methyl sites for hydroxylation is 1. The fraction of sp³-hybridized carbons (Fsp3) is 0.231. The van der Waals surface area contributed by atoms with E-state index in [-0.39, 0.29) is 37.2 Å². The number of aromatic nitrogens is 3. The van der Waals surface area contributed by atoms with Gasteiger partial charge in [0.25, 0.3) is 0 Å². The molecule has 2 aromatic heterocycles. The van der Waals surface area contributed by atoms with Crippen molar-refractivity contribution in [2.45, 2.75) is 27.0 Å². The van der Waals surface area contributed by atoms with Crippen molar-refractivity contribution in [2.75, 3.05) is 13.1 Å². The molecule has 37 heavy (non-hydrogen) atoms. The van der Waals surface area contributed by atoms with Gasteiger partial charge in [-0.15, -0.1) is 0 Å². The lowest BCUT2D eigenvalue weighted by Crippen LogP contribution is -2.32. The summed E-state index contributed by atoms with van der Waals surface area (Å²) in [6.45, 7) is 3.65. The van der Waals surface area contributed by atoms with Gasteiger partial charge in [-0.2, -0.15) is 5.10 Å². The van der Waals surface area contributed by atoms with E-state index in [0.717, 1.165) is 11.1 Å². The third-order valence-corrected chi connectivity index (χ3v) is 6.47. The fourth-order valence-electron chi connectivity index (χ4n) is 4.41. The first-order chi connectivity index (χ1) is 17.7. The number of nitrogens with zero attached hydrogens (tertiary/aromatic N) is 5. The first kappa shape index (κ1) is 24.6. The molecule has 3 heterocycles. The minimum Gasteiger partial charge on any atom is -0.487 e. The van der Waals surface area contributed by atoms with E-state index < -0.39 is 17.7 Å². The second-order valence-electron chi connectivity index (χ2n) is 8.63. The Labute approximate surface area is 216 Å². The number of pyridine rings is 1. The number of urea groups is 1. The molecule has 1 aliphatic rings. The molecule has 0 spiro atoms. The number of benzene rings is 2. The number of para-hydroxylation sites is 1. The number of hydrogen-bond acceptors (Lipinski definition) is 5. The Hall–Kier alpha value is -4.05. The Morgan fingerprint density at radius 1 is 1.14 bits per heavy atom. The molecule has 0 N–H and O–H groups in total. The van der Waals surface area contributed by atoms with Gasteiger partial charge in [-0.25, -0.2) is 23.2 Å². The fourth-order valence-corrected chi connectivity index (χ4v) is 4.69. The van der Waals surface area contributed by atoms with Gasteiger partial charge in [0.1, 0.15) is 30.2 Å². The molecule has 190 valence electrons. The van der Waals surface area contributed by atoms with Crippen LogP contribution in [0.3, 0.4) is 0 Å². The molecule has 0 bridgehead atoms. The van der Waals surface area contributed by atoms with E-state index in [1.54, 1.807) is 25.1 Å². The van der Waals surface area contributed by atoms with Crippen molar-refractivity contribution in [2.24, 2.45) is 0 Å². The summed E-state index contributed by atoms with van der Waals surface area (Å²) in [5.41, 5.74) is 2.76. The van der Waals surface area contributed by atoms with Crippen LogP contribution in [0.25, 0.3) is 16.6 Å². The highest BCUT2D eigenvalue weighted by Gasteiger charge is 2.35. The number of ether oxygens (including phenoxy) is 1. The molecule has 1 fully saturated rings. The van der Waals surface area contributed by atoms with Gasteiger partial charge in [0.2, 0.25) is 5.91 Å². The predicted octanol–water partition coefficient (Wildman–Crippen LogP) is 5.02. The zero-order valence-electron chi connectivity index (χ0n) is 20.0. The SMILES string of the molecule is CCN1C(=O)CN(Cc2cc(F)cc(Cl)c2COc2cccc3c(-n4cc(F)cn4)cc(C)nc23)C1=O. The van der Waals surface area contributed by atoms with E-state index in [1.165, 1.54) is 27.9 Å². The molecule has 4 aromatic rings. The third-order valence-electron chi connectivity index (χ3n) is 6.14. The minimum atomic E-state index is -0.562. The van der Waals surface area contributed by atoms with Crippen LogP contribution in [0.5, 0.6) is 5.75 Å². The van der Waals surface area contributed by atoms with Crippen molar-refractivity contribution in [3.63, 3.8) is 0 Å². The minimum absolute atomic E-state index is 0.000840. The average molecular weight is 526 g/mol. The predicted molar refractivity (Wildman–Crippen MR) is 132 cm³/mol. The Bertz CT molecular complexity index is 1540. The van der Waals surface area contributed by atoms with Crippen molar-refractivity contribution in [3.8, 4) is 11.4 Å². The Kier molecular flexibility index (Phi) is 6.51. The quantitative estimate of drug-likeness (QED) is 0.316. The summed E-state index contributed by atoms with van der Waals surface area (Å²) in [6, 6.07) is 9.16. The zero-order chi connectivity index (χ0) is 26.3. The average Bonchev–Trinajstić information content (AvgIpc) is 3.40. The van der Waals surface area contributed by atoms with Crippen molar-refractivity contribution < 1.29 is 23.1 Å². The Morgan fingerprint density at radius 3 is 2.65 bits per heavy atom. The number of carbonyl (C=O) groups excluding carboxylic acids is 2. The molecular weight excluding hydrogens is 504 g/mol. The summed E-state index contributed by atoms with van der Waals surface area (Å²) in [5, 5.41) is 4.89. The molecule has 0 atom stereocenters. The van der Waals surface area contributed by atoms with Gasteiger partial charge < -0.3 is 9.64 Å². The number of amides is 3. The zero-order valence-corrected chi connectivity index (χ0v) is 20.8. The van der Waals surface area contributed by atoms with Crippen LogP contribution in [0.4, 0.5) is 13.6 Å². The number of halogens is 3. The molecule has 3 amide bonds. The number of rotatable bonds is 7. The standard InChI is InChI=1S/C26H22ClF2N5O3/c1-3-33-24(35)13-32(26(33)36)11-16-8-17(28)9-21(27)20(16)14-37-23-6-4-5-19-22(7-15(2)31-25(19)23)34-12-18(29)10-30-34/h4-10,12H,3,11,13-14H2,1-2H3. The van der Waals surface area contributed by atoms with E-state index >= 15 is 0 Å². The van der Waals surface area contributed by atoms with E-state index in [2.05, 4.69) is 10.1 Å². The lowest BCUT2D eigenvalue weighted by molar-refractivity contribution is -0.125. The van der Waals surface area contributed by atoms with Crippen LogP contribution in [-0.4, -0.2) is 49.6 Å². The second kappa shape index (κ2) is 9.78. The molecule has 1 saturated heterocycles. The van der Waals surface area contributed by atoms with Crippen LogP contribution in [0, 0.1) is 18.6 Å². The molecule has 8 nitrogen and oxygen atoms in total. The van der Waals surface area contributed by atoms with Gasteiger partial charge in [-0.3, -0.25) is 9.69 Å². The van der Waals surface area contributed by atoms with Gasteiger partial charge in [-0.1, -0.05) is 23.7 Å². The summed E-state index contributed by atoms with van der Waals surface area (Å²) in [4.78, 5) is 31.8. The molecule has 1 aliphatic heterocycles. The highest BCUT2D eigenvalue weighted by Crippen LogP contribution is 2.31. The van der Waals surface area contributed by atoms with Gasteiger partial charge >= 0.3 is 6.03 Å². The first-order valence-electron chi connectivity index (χ1n) is 11.5. The number of likely N-dealkylation sites (N-methyl/N-ethyl adjacent to an activating group) is 1. The number of carbonyl (C=O) groups is 2. The largest absolute Gasteiger partial charge is 0.487 e. The number of imide groups is 1. The monoisotopic (exact) mass is 525 g/mol. The lowest BCUT2D eigenvalue weighted by atomic mass is 10.1. The molecule has 0 aliphatic carbocycles. The van der Waals surface area contributed by atoms with Crippen LogP contribution in [0.15, 0.2) is 48.8 Å². The van der Waals surface area contributed by atoms with Crippen molar-refractivity contribution in [1.82, 2.24) is 24.6 Å². The second-order valence-corrected chi connectivity index (χ2v) is 9.04. The third kappa shape index (κ3) is 4.72. The van der Waals surface area contributed by atoms with Crippen molar-refractivity contribution in [1.29, 1.82) is 0 Å². The summed E-state index contributed by atoms with van der Waals surface area (Å²) >= 11 is 6.39. The highest BCUT2D eigenvalue weighted by atomic mass is 35.5. The van der Waals surface area contributed by atoms with Gasteiger partial charge in [0.15, 0.2) is 5.82 Å². The molecule has 0 saturated carbocycles. The number of hydrogen-bond donors (Lipinski definition) is 0. The van der Waals surface area contributed by atoms with Gasteiger partial charge in [-0.05, 0) is 43.7 Å². The van der Waals surface area contributed by atoms with E-state index in [9.17, 15) is 18.4 Å². The molecule has 0 radical (unpaired) electrons. The van der Waals surface area contributed by atoms with Crippen molar-refractivity contribution >= 4 is 34.4 Å². The maximum atomic E-state index is 14.3. The number of fused-ring (bicyclic) bond motifs is 1. The molecule has 2 aromatic carbocycles. The van der Waals surface area contributed by atoms with Crippen LogP contribution in [-0.2, 0) is 17.9 Å². The summed E-state index contributed by atoms with van der Waals surface area (Å²) < 4.78 is 35.4. The summed E-state index contributed by atoms with van der Waals surface area (Å²) in [6.07, 6.45) is 2.40. The topological polar surface area (TPSA) is 80.6 Å². The maximum Gasteiger partial charge on any atom is 0.327 e. The molecule has 11 heteroatoms. The van der Waals surface area contributed by atoms with E-state index in [0.29, 0.717) is 39.2 Å². The van der Waals surface area contributed by atoms with Gasteiger partial charge in [0.05, 0.1) is 23.1 Å². The Balaban J connectivity index is 1.47. The smallest absolute Gasteiger partial charge is 0.327 e. The van der Waals surface area contributed by atoms with Crippen LogP contribution in [0.1, 0.15) is 23.7 Å². The highest BCUT2D eigenvalue weighted by molar-refractivity contribution is 6.31. The molecule has 0 unspecified atom stereocenters. The van der Waals surface area contributed by atoms with Gasteiger partial charge in [0, 0.05) is 29.7 Å². The van der Waals surface area contributed by atoms with Crippen LogP contribution < -0.4 is 4.74 Å². The summed E-state index contributed by atoms with van der Waals surface area (Å²) in [7, 11) is 0. The van der Waals surface area contributed by atoms with Crippen molar-refractivity contribution in [3.05, 3.63) is 82.3 Å². The maximum absolute atomic E-state index is 14.3.